The molecular weight excluding hydrogens is 644 g/mol. The number of aromatic nitrogens is 2. The number of aromatic amines is 1. The van der Waals surface area contributed by atoms with Gasteiger partial charge in [0.05, 0.1) is 12.9 Å². The molecule has 1 aromatic rings. The maximum atomic E-state index is 13.0. The summed E-state index contributed by atoms with van der Waals surface area (Å²) >= 11 is 33.6. The predicted molar refractivity (Wildman–Crippen MR) is 130 cm³/mol. The van der Waals surface area contributed by atoms with Gasteiger partial charge in [0.15, 0.2) is 0 Å². The van der Waals surface area contributed by atoms with E-state index in [9.17, 15) is 22.6 Å². The monoisotopic (exact) mass is 660 g/mol. The van der Waals surface area contributed by atoms with Gasteiger partial charge in [-0.3, -0.25) is 32.1 Å². The number of hydrogen-bond acceptors (Lipinski definition) is 10. The summed E-state index contributed by atoms with van der Waals surface area (Å²) in [5, 5.41) is 0. The standard InChI is InChI=1S/C15H19Cl6N2O10PS/c1-8-4-23(13(25)22-12(8)24)11-3-9(33-35(2,27)28)10(32-11)5-29-34(26,30-6-14(16,17)18)31-7-15(19,20)21/h4,9-11H,3,5-7H2,1-2H3,(H,22,24,25)/t9-,10+,11+/m0/s1. The van der Waals surface area contributed by atoms with Gasteiger partial charge in [-0.1, -0.05) is 69.6 Å². The Balaban J connectivity index is 2.26. The first kappa shape index (κ1) is 31.6. The van der Waals surface area contributed by atoms with Crippen LogP contribution in [0, 0.1) is 6.92 Å². The predicted octanol–water partition coefficient (Wildman–Crippen LogP) is 3.38. The number of nitrogens with one attached hydrogen (secondary N) is 1. The zero-order valence-electron chi connectivity index (χ0n) is 17.8. The van der Waals surface area contributed by atoms with E-state index in [1.807, 2.05) is 0 Å². The minimum Gasteiger partial charge on any atom is -0.349 e. The summed E-state index contributed by atoms with van der Waals surface area (Å²) in [6.07, 6.45) is -1.65. The topological polar surface area (TPSA) is 152 Å². The Morgan fingerprint density at radius 2 is 1.66 bits per heavy atom. The van der Waals surface area contributed by atoms with Crippen LogP contribution in [0.1, 0.15) is 18.2 Å². The molecule has 3 atom stereocenters. The first-order valence-corrected chi connectivity index (χ1v) is 14.8. The molecule has 2 heterocycles. The molecule has 20 heteroatoms. The second-order valence-corrected chi connectivity index (χ2v) is 15.5. The van der Waals surface area contributed by atoms with Gasteiger partial charge in [-0.05, 0) is 6.92 Å². The number of ether oxygens (including phenoxy) is 1. The summed E-state index contributed by atoms with van der Waals surface area (Å²) in [7, 11) is -8.57. The smallest absolute Gasteiger partial charge is 0.349 e. The lowest BCUT2D eigenvalue weighted by molar-refractivity contribution is -0.0437. The van der Waals surface area contributed by atoms with E-state index in [0.717, 1.165) is 10.8 Å². The van der Waals surface area contributed by atoms with Crippen LogP contribution in [0.2, 0.25) is 0 Å². The molecule has 0 aromatic carbocycles. The first-order valence-electron chi connectivity index (χ1n) is 9.30. The third kappa shape index (κ3) is 11.0. The molecule has 12 nitrogen and oxygen atoms in total. The molecule has 0 unspecified atom stereocenters. The maximum absolute atomic E-state index is 13.0. The van der Waals surface area contributed by atoms with Crippen LogP contribution in [0.3, 0.4) is 0 Å². The summed E-state index contributed by atoms with van der Waals surface area (Å²) in [5.41, 5.74) is -1.22. The van der Waals surface area contributed by atoms with Crippen LogP contribution >= 0.6 is 77.4 Å². The van der Waals surface area contributed by atoms with E-state index in [4.69, 9.17) is 92.1 Å². The highest BCUT2D eigenvalue weighted by atomic mass is 35.6. The Bertz CT molecular complexity index is 1140. The van der Waals surface area contributed by atoms with Crippen molar-refractivity contribution in [3.05, 3.63) is 32.6 Å². The van der Waals surface area contributed by atoms with E-state index >= 15 is 0 Å². The average molecular weight is 663 g/mol. The molecule has 2 rings (SSSR count). The highest BCUT2D eigenvalue weighted by Crippen LogP contribution is 2.53. The second-order valence-electron chi connectivity index (χ2n) is 7.20. The fourth-order valence-corrected chi connectivity index (χ4v) is 5.42. The Morgan fingerprint density at radius 3 is 2.14 bits per heavy atom. The van der Waals surface area contributed by atoms with Crippen molar-refractivity contribution in [2.24, 2.45) is 0 Å². The van der Waals surface area contributed by atoms with Crippen LogP contribution in [0.5, 0.6) is 0 Å². The largest absolute Gasteiger partial charge is 0.475 e. The minimum absolute atomic E-state index is 0.166. The summed E-state index contributed by atoms with van der Waals surface area (Å²) in [5.74, 6) is 0. The number of rotatable bonds is 10. The van der Waals surface area contributed by atoms with Crippen molar-refractivity contribution in [1.29, 1.82) is 0 Å². The summed E-state index contributed by atoms with van der Waals surface area (Å²) in [4.78, 5) is 26.0. The highest BCUT2D eigenvalue weighted by Gasteiger charge is 2.43. The summed E-state index contributed by atoms with van der Waals surface area (Å²) < 4.78 is 59.4. The van der Waals surface area contributed by atoms with Gasteiger partial charge < -0.3 is 4.74 Å². The van der Waals surface area contributed by atoms with Crippen molar-refractivity contribution in [1.82, 2.24) is 9.55 Å². The van der Waals surface area contributed by atoms with Crippen molar-refractivity contribution in [2.45, 2.75) is 39.4 Å². The normalized spacial score (nSPS) is 22.0. The molecule has 1 aromatic heterocycles. The fourth-order valence-electron chi connectivity index (χ4n) is 2.73. The Morgan fingerprint density at radius 1 is 1.11 bits per heavy atom. The lowest BCUT2D eigenvalue weighted by Gasteiger charge is -2.24. The number of alkyl halides is 6. The molecule has 1 aliphatic rings. The zero-order valence-corrected chi connectivity index (χ0v) is 24.0. The molecule has 0 amide bonds. The molecule has 0 radical (unpaired) electrons. The van der Waals surface area contributed by atoms with Crippen LogP contribution in [0.25, 0.3) is 0 Å². The molecule has 1 N–H and O–H groups in total. The van der Waals surface area contributed by atoms with Gasteiger partial charge in [0, 0.05) is 18.2 Å². The number of halogens is 6. The third-order valence-electron chi connectivity index (χ3n) is 4.10. The molecule has 1 aliphatic heterocycles. The van der Waals surface area contributed by atoms with Gasteiger partial charge >= 0.3 is 13.5 Å². The first-order chi connectivity index (χ1) is 15.8. The van der Waals surface area contributed by atoms with Crippen LogP contribution in [0.4, 0.5) is 0 Å². The molecule has 1 saturated heterocycles. The van der Waals surface area contributed by atoms with E-state index in [0.29, 0.717) is 0 Å². The van der Waals surface area contributed by atoms with E-state index in [1.54, 1.807) is 0 Å². The molecule has 202 valence electrons. The van der Waals surface area contributed by atoms with E-state index in [2.05, 4.69) is 4.98 Å². The average Bonchev–Trinajstić information content (AvgIpc) is 3.06. The van der Waals surface area contributed by atoms with Crippen LogP contribution in [-0.2, 0) is 37.2 Å². The third-order valence-corrected chi connectivity index (χ3v) is 6.71. The van der Waals surface area contributed by atoms with Crippen molar-refractivity contribution in [2.75, 3.05) is 26.1 Å². The molecular formula is C15H19Cl6N2O10PS. The fraction of sp³-hybridized carbons (Fsp3) is 0.733. The Labute approximate surface area is 229 Å². The van der Waals surface area contributed by atoms with Crippen LogP contribution in [0.15, 0.2) is 15.8 Å². The van der Waals surface area contributed by atoms with Gasteiger partial charge in [0.2, 0.25) is 7.59 Å². The maximum Gasteiger partial charge on any atom is 0.475 e. The molecule has 0 saturated carbocycles. The number of phosphoric ester groups is 1. The van der Waals surface area contributed by atoms with E-state index in [1.165, 1.54) is 13.1 Å². The lowest BCUT2D eigenvalue weighted by Crippen LogP contribution is -2.33. The number of aryl methyl sites for hydroxylation is 1. The molecule has 1 fully saturated rings. The van der Waals surface area contributed by atoms with Gasteiger partial charge in [-0.25, -0.2) is 9.36 Å². The molecule has 0 aliphatic carbocycles. The second kappa shape index (κ2) is 12.1. The van der Waals surface area contributed by atoms with E-state index < -0.39 is 75.0 Å². The van der Waals surface area contributed by atoms with Gasteiger partial charge in [-0.2, -0.15) is 8.42 Å². The zero-order chi connectivity index (χ0) is 26.8. The van der Waals surface area contributed by atoms with Gasteiger partial charge in [0.25, 0.3) is 15.7 Å². The van der Waals surface area contributed by atoms with Gasteiger partial charge in [0.1, 0.15) is 31.6 Å². The van der Waals surface area contributed by atoms with Crippen LogP contribution in [-0.4, -0.2) is 63.8 Å². The molecule has 0 spiro atoms. The quantitative estimate of drug-likeness (QED) is 0.224. The number of H-pyrrole nitrogens is 1. The minimum atomic E-state index is -4.57. The van der Waals surface area contributed by atoms with Gasteiger partial charge in [-0.15, -0.1) is 0 Å². The highest BCUT2D eigenvalue weighted by molar-refractivity contribution is 7.86. The van der Waals surface area contributed by atoms with Crippen LogP contribution < -0.4 is 11.2 Å². The Kier molecular flexibility index (Phi) is 10.9. The van der Waals surface area contributed by atoms with Crippen molar-refractivity contribution in [3.63, 3.8) is 0 Å². The van der Waals surface area contributed by atoms with Crippen molar-refractivity contribution >= 4 is 87.5 Å². The van der Waals surface area contributed by atoms with E-state index in [-0.39, 0.29) is 12.0 Å². The lowest BCUT2D eigenvalue weighted by atomic mass is 10.2. The SMILES string of the molecule is Cc1cn([C@H]2C[C@H](OS(C)(=O)=O)[C@@H](COP(=O)(OCC(Cl)(Cl)Cl)OCC(Cl)(Cl)Cl)O2)c(=O)[nH]c1=O. The summed E-state index contributed by atoms with van der Waals surface area (Å²) in [6.45, 7) is -0.698. The molecule has 35 heavy (non-hydrogen) atoms. The number of nitrogens with zero attached hydrogens (tertiary/aromatic N) is 1. The van der Waals surface area contributed by atoms with Crippen molar-refractivity contribution in [3.8, 4) is 0 Å². The number of hydrogen-bond donors (Lipinski definition) is 1. The summed E-state index contributed by atoms with van der Waals surface area (Å²) in [6, 6.07) is 0. The Hall–Kier alpha value is 0.400. The number of phosphoric acid groups is 1. The van der Waals surface area contributed by atoms with Crippen molar-refractivity contribution < 1.29 is 35.5 Å². The molecule has 0 bridgehead atoms.